The van der Waals surface area contributed by atoms with Crippen molar-refractivity contribution in [2.45, 2.75) is 31.5 Å². The number of fused-ring (bicyclic) bond motifs is 1. The molecule has 3 aromatic rings. The van der Waals surface area contributed by atoms with E-state index in [1.165, 1.54) is 10.4 Å². The first kappa shape index (κ1) is 21.0. The van der Waals surface area contributed by atoms with Gasteiger partial charge in [0.2, 0.25) is 10.0 Å². The molecule has 2 aromatic carbocycles. The normalized spacial score (nSPS) is 18.4. The van der Waals surface area contributed by atoms with Crippen LogP contribution in [0.15, 0.2) is 42.5 Å². The van der Waals surface area contributed by atoms with Crippen molar-refractivity contribution in [1.29, 1.82) is 0 Å². The standard InChI is InChI=1S/C22H22F3N3O3S/c23-22(24,25)13-31-17-8-9-18-19(12-17)28(16-6-7-16)21(20(18)26)14-2-4-15(5-3-14)27-10-1-11-32(27,29)30/h2-5,8-9,12,16H,1,6-7,10-11,13,26H2. The number of hydrogen-bond acceptors (Lipinski definition) is 4. The van der Waals surface area contributed by atoms with Crippen LogP contribution in [0.4, 0.5) is 24.5 Å². The fraction of sp³-hybridized carbons (Fsp3) is 0.364. The van der Waals surface area contributed by atoms with Gasteiger partial charge in [-0.25, -0.2) is 8.42 Å². The van der Waals surface area contributed by atoms with Gasteiger partial charge < -0.3 is 15.0 Å². The molecule has 1 aliphatic heterocycles. The molecule has 2 aliphatic rings. The molecular formula is C22H22F3N3O3S. The highest BCUT2D eigenvalue weighted by molar-refractivity contribution is 7.93. The first-order chi connectivity index (χ1) is 15.1. The molecule has 10 heteroatoms. The first-order valence-corrected chi connectivity index (χ1v) is 12.0. The number of ether oxygens (including phenoxy) is 1. The molecule has 2 heterocycles. The first-order valence-electron chi connectivity index (χ1n) is 10.4. The Kier molecular flexibility index (Phi) is 4.81. The molecule has 2 N–H and O–H groups in total. The lowest BCUT2D eigenvalue weighted by Crippen LogP contribution is -2.24. The molecule has 0 spiro atoms. The highest BCUT2D eigenvalue weighted by Gasteiger charge is 2.32. The van der Waals surface area contributed by atoms with E-state index in [9.17, 15) is 21.6 Å². The number of nitrogens with two attached hydrogens (primary N) is 1. The number of hydrogen-bond donors (Lipinski definition) is 1. The summed E-state index contributed by atoms with van der Waals surface area (Å²) in [6, 6.07) is 12.2. The van der Waals surface area contributed by atoms with Crippen molar-refractivity contribution >= 4 is 32.3 Å². The molecule has 1 saturated carbocycles. The van der Waals surface area contributed by atoms with Gasteiger partial charge in [0.1, 0.15) is 5.75 Å². The van der Waals surface area contributed by atoms with E-state index in [4.69, 9.17) is 10.5 Å². The molecule has 1 aliphatic carbocycles. The van der Waals surface area contributed by atoms with Crippen LogP contribution >= 0.6 is 0 Å². The third kappa shape index (κ3) is 3.76. The van der Waals surface area contributed by atoms with E-state index < -0.39 is 22.8 Å². The summed E-state index contributed by atoms with van der Waals surface area (Å²) >= 11 is 0. The Morgan fingerprint density at radius 2 is 1.81 bits per heavy atom. The third-order valence-electron chi connectivity index (χ3n) is 5.86. The van der Waals surface area contributed by atoms with E-state index in [0.717, 1.165) is 35.0 Å². The second kappa shape index (κ2) is 7.33. The van der Waals surface area contributed by atoms with Gasteiger partial charge >= 0.3 is 6.18 Å². The number of rotatable bonds is 5. The van der Waals surface area contributed by atoms with E-state index >= 15 is 0 Å². The fourth-order valence-corrected chi connectivity index (χ4v) is 5.86. The van der Waals surface area contributed by atoms with Crippen molar-refractivity contribution in [2.24, 2.45) is 0 Å². The van der Waals surface area contributed by atoms with Gasteiger partial charge in [-0.15, -0.1) is 0 Å². The van der Waals surface area contributed by atoms with Crippen molar-refractivity contribution in [3.8, 4) is 17.0 Å². The molecule has 32 heavy (non-hydrogen) atoms. The van der Waals surface area contributed by atoms with Gasteiger partial charge in [-0.2, -0.15) is 13.2 Å². The van der Waals surface area contributed by atoms with Gasteiger partial charge in [-0.05, 0) is 43.5 Å². The molecule has 0 amide bonds. The van der Waals surface area contributed by atoms with Gasteiger partial charge in [0.25, 0.3) is 0 Å². The maximum absolute atomic E-state index is 12.6. The van der Waals surface area contributed by atoms with E-state index in [1.54, 1.807) is 24.3 Å². The summed E-state index contributed by atoms with van der Waals surface area (Å²) in [7, 11) is -3.27. The molecule has 1 saturated heterocycles. The van der Waals surface area contributed by atoms with Gasteiger partial charge in [-0.1, -0.05) is 12.1 Å². The summed E-state index contributed by atoms with van der Waals surface area (Å²) in [6.45, 7) is -0.890. The Balaban J connectivity index is 1.55. The number of halogens is 3. The van der Waals surface area contributed by atoms with Gasteiger partial charge in [-0.3, -0.25) is 4.31 Å². The number of sulfonamides is 1. The van der Waals surface area contributed by atoms with E-state index in [2.05, 4.69) is 4.57 Å². The van der Waals surface area contributed by atoms with Crippen LogP contribution in [-0.4, -0.2) is 38.1 Å². The van der Waals surface area contributed by atoms with Crippen molar-refractivity contribution in [1.82, 2.24) is 4.57 Å². The predicted molar refractivity (Wildman–Crippen MR) is 117 cm³/mol. The zero-order valence-electron chi connectivity index (χ0n) is 17.1. The third-order valence-corrected chi connectivity index (χ3v) is 7.73. The summed E-state index contributed by atoms with van der Waals surface area (Å²) in [5.41, 5.74) is 9.97. The second-order valence-electron chi connectivity index (χ2n) is 8.23. The van der Waals surface area contributed by atoms with Crippen LogP contribution < -0.4 is 14.8 Å². The van der Waals surface area contributed by atoms with Crippen LogP contribution in [0.5, 0.6) is 5.75 Å². The lowest BCUT2D eigenvalue weighted by molar-refractivity contribution is -0.153. The molecule has 0 radical (unpaired) electrons. The second-order valence-corrected chi connectivity index (χ2v) is 10.2. The monoisotopic (exact) mass is 465 g/mol. The Hall–Kier alpha value is -2.88. The SMILES string of the molecule is Nc1c(-c2ccc(N3CCCS3(=O)=O)cc2)n(C2CC2)c2cc(OCC(F)(F)F)ccc12. The zero-order chi connectivity index (χ0) is 22.7. The van der Waals surface area contributed by atoms with Crippen LogP contribution in [0.1, 0.15) is 25.3 Å². The number of nitrogen functional groups attached to an aromatic ring is 1. The molecular weight excluding hydrogens is 443 g/mol. The van der Waals surface area contributed by atoms with Gasteiger partial charge in [0.15, 0.2) is 6.61 Å². The van der Waals surface area contributed by atoms with Crippen LogP contribution in [0, 0.1) is 0 Å². The molecule has 2 fully saturated rings. The van der Waals surface area contributed by atoms with Crippen LogP contribution in [0.3, 0.4) is 0 Å². The largest absolute Gasteiger partial charge is 0.484 e. The zero-order valence-corrected chi connectivity index (χ0v) is 17.9. The number of benzene rings is 2. The maximum Gasteiger partial charge on any atom is 0.422 e. The minimum Gasteiger partial charge on any atom is -0.484 e. The Bertz CT molecular complexity index is 1280. The molecule has 6 nitrogen and oxygen atoms in total. The summed E-state index contributed by atoms with van der Waals surface area (Å²) in [5, 5.41) is 0.748. The Labute approximate surface area is 183 Å². The smallest absolute Gasteiger partial charge is 0.422 e. The summed E-state index contributed by atoms with van der Waals surface area (Å²) in [6.07, 6.45) is -1.91. The highest BCUT2D eigenvalue weighted by atomic mass is 32.2. The quantitative estimate of drug-likeness (QED) is 0.592. The van der Waals surface area contributed by atoms with Crippen molar-refractivity contribution in [3.63, 3.8) is 0 Å². The number of anilines is 2. The molecule has 170 valence electrons. The summed E-state index contributed by atoms with van der Waals surface area (Å²) in [4.78, 5) is 0. The minimum atomic E-state index is -4.41. The average molecular weight is 465 g/mol. The van der Waals surface area contributed by atoms with E-state index in [-0.39, 0.29) is 17.5 Å². The molecule has 0 atom stereocenters. The minimum absolute atomic E-state index is 0.135. The van der Waals surface area contributed by atoms with Crippen molar-refractivity contribution < 1.29 is 26.3 Å². The highest BCUT2D eigenvalue weighted by Crippen LogP contribution is 2.47. The molecule has 0 unspecified atom stereocenters. The lowest BCUT2D eigenvalue weighted by Gasteiger charge is -2.17. The molecule has 0 bridgehead atoms. The van der Waals surface area contributed by atoms with Crippen LogP contribution in [0.2, 0.25) is 0 Å². The van der Waals surface area contributed by atoms with E-state index in [0.29, 0.717) is 24.3 Å². The van der Waals surface area contributed by atoms with Gasteiger partial charge in [0, 0.05) is 29.6 Å². The Morgan fingerprint density at radius 1 is 1.09 bits per heavy atom. The summed E-state index contributed by atoms with van der Waals surface area (Å²) < 4.78 is 70.5. The lowest BCUT2D eigenvalue weighted by atomic mass is 10.1. The van der Waals surface area contributed by atoms with Crippen LogP contribution in [0.25, 0.3) is 22.2 Å². The number of nitrogens with zero attached hydrogens (tertiary/aromatic N) is 2. The molecule has 1 aromatic heterocycles. The van der Waals surface area contributed by atoms with Crippen molar-refractivity contribution in [3.05, 3.63) is 42.5 Å². The summed E-state index contributed by atoms with van der Waals surface area (Å²) in [5.74, 6) is 0.284. The topological polar surface area (TPSA) is 77.6 Å². The molecule has 5 rings (SSSR count). The fourth-order valence-electron chi connectivity index (χ4n) is 4.29. The van der Waals surface area contributed by atoms with Crippen LogP contribution in [-0.2, 0) is 10.0 Å². The predicted octanol–water partition coefficient (Wildman–Crippen LogP) is 4.71. The Morgan fingerprint density at radius 3 is 2.41 bits per heavy atom. The maximum atomic E-state index is 12.6. The van der Waals surface area contributed by atoms with Gasteiger partial charge in [0.05, 0.1) is 28.3 Å². The number of aromatic nitrogens is 1. The van der Waals surface area contributed by atoms with E-state index in [1.807, 2.05) is 12.1 Å². The average Bonchev–Trinajstić information content (AvgIpc) is 3.45. The van der Waals surface area contributed by atoms with Crippen molar-refractivity contribution in [2.75, 3.05) is 28.9 Å². The number of alkyl halides is 3.